The Morgan fingerprint density at radius 1 is 1.09 bits per heavy atom. The van der Waals surface area contributed by atoms with Gasteiger partial charge in [-0.2, -0.15) is 0 Å². The molecule has 3 rings (SSSR count). The predicted molar refractivity (Wildman–Crippen MR) is 90.1 cm³/mol. The van der Waals surface area contributed by atoms with Crippen molar-refractivity contribution in [3.63, 3.8) is 0 Å². The average Bonchev–Trinajstić information content (AvgIpc) is 3.05. The number of carbonyl (C=O) groups is 1. The second kappa shape index (κ2) is 5.88. The fourth-order valence-electron chi connectivity index (χ4n) is 2.51. The summed E-state index contributed by atoms with van der Waals surface area (Å²) in [6.07, 6.45) is 1.52. The number of pyridine rings is 1. The lowest BCUT2D eigenvalue weighted by Gasteiger charge is -2.35. The van der Waals surface area contributed by atoms with Crippen LogP contribution < -0.4 is 0 Å². The number of carbonyl (C=O) groups excluding carboxylic acids is 1. The van der Waals surface area contributed by atoms with Crippen molar-refractivity contribution in [2.24, 2.45) is 0 Å². The van der Waals surface area contributed by atoms with Gasteiger partial charge in [0.1, 0.15) is 0 Å². The molecule has 4 nitrogen and oxygen atoms in total. The van der Waals surface area contributed by atoms with Gasteiger partial charge in [0.25, 0.3) is 5.91 Å². The van der Waals surface area contributed by atoms with Crippen molar-refractivity contribution in [1.29, 1.82) is 0 Å². The van der Waals surface area contributed by atoms with Gasteiger partial charge in [-0.25, -0.2) is 0 Å². The Bertz CT molecular complexity index is 817. The quantitative estimate of drug-likeness (QED) is 0.726. The zero-order valence-electron chi connectivity index (χ0n) is 13.6. The standard InChI is InChI=1S/C19H20N2O2/c1-19(2,3)21(18(22)17-9-6-12-23-17)13-15-11-10-14-7-4-5-8-16(14)20-15/h4-12H,13H2,1-3H3. The molecule has 0 spiro atoms. The number of rotatable bonds is 3. The van der Waals surface area contributed by atoms with Gasteiger partial charge in [0.2, 0.25) is 0 Å². The van der Waals surface area contributed by atoms with E-state index in [4.69, 9.17) is 4.42 Å². The molecule has 0 radical (unpaired) electrons. The number of furan rings is 1. The van der Waals surface area contributed by atoms with Crippen molar-refractivity contribution in [1.82, 2.24) is 9.88 Å². The largest absolute Gasteiger partial charge is 0.459 e. The lowest BCUT2D eigenvalue weighted by Crippen LogP contribution is -2.45. The summed E-state index contributed by atoms with van der Waals surface area (Å²) < 4.78 is 5.27. The summed E-state index contributed by atoms with van der Waals surface area (Å²) >= 11 is 0. The Labute approximate surface area is 135 Å². The molecule has 2 heterocycles. The number of nitrogens with zero attached hydrogens (tertiary/aromatic N) is 2. The maximum Gasteiger partial charge on any atom is 0.290 e. The zero-order valence-corrected chi connectivity index (χ0v) is 13.6. The van der Waals surface area contributed by atoms with Crippen LogP contribution in [0.5, 0.6) is 0 Å². The molecule has 2 aromatic heterocycles. The Kier molecular flexibility index (Phi) is 3.90. The van der Waals surface area contributed by atoms with E-state index in [1.165, 1.54) is 6.26 Å². The number of para-hydroxylation sites is 1. The van der Waals surface area contributed by atoms with Gasteiger partial charge >= 0.3 is 0 Å². The molecule has 0 unspecified atom stereocenters. The third-order valence-corrected chi connectivity index (χ3v) is 3.76. The van der Waals surface area contributed by atoms with Crippen LogP contribution >= 0.6 is 0 Å². The smallest absolute Gasteiger partial charge is 0.290 e. The van der Waals surface area contributed by atoms with Crippen LogP contribution in [0.3, 0.4) is 0 Å². The third-order valence-electron chi connectivity index (χ3n) is 3.76. The minimum absolute atomic E-state index is 0.127. The first-order valence-electron chi connectivity index (χ1n) is 7.65. The fraction of sp³-hybridized carbons (Fsp3) is 0.263. The summed E-state index contributed by atoms with van der Waals surface area (Å²) in [7, 11) is 0. The molecule has 0 saturated carbocycles. The molecule has 0 N–H and O–H groups in total. The van der Waals surface area contributed by atoms with Gasteiger partial charge in [-0.3, -0.25) is 9.78 Å². The summed E-state index contributed by atoms with van der Waals surface area (Å²) in [6.45, 7) is 6.46. The van der Waals surface area contributed by atoms with Gasteiger partial charge in [0.15, 0.2) is 5.76 Å². The minimum Gasteiger partial charge on any atom is -0.459 e. The molecular weight excluding hydrogens is 288 g/mol. The number of amides is 1. The second-order valence-electron chi connectivity index (χ2n) is 6.53. The molecule has 1 aromatic carbocycles. The lowest BCUT2D eigenvalue weighted by molar-refractivity contribution is 0.0522. The van der Waals surface area contributed by atoms with Crippen molar-refractivity contribution in [3.05, 3.63) is 66.2 Å². The Hall–Kier alpha value is -2.62. The topological polar surface area (TPSA) is 46.3 Å². The molecule has 0 aliphatic rings. The molecule has 0 aliphatic carbocycles. The van der Waals surface area contributed by atoms with E-state index >= 15 is 0 Å². The van der Waals surface area contributed by atoms with Crippen molar-refractivity contribution in [3.8, 4) is 0 Å². The highest BCUT2D eigenvalue weighted by molar-refractivity contribution is 5.92. The molecule has 1 amide bonds. The summed E-state index contributed by atoms with van der Waals surface area (Å²) in [6, 6.07) is 15.4. The van der Waals surface area contributed by atoms with Crippen molar-refractivity contribution in [2.75, 3.05) is 0 Å². The minimum atomic E-state index is -0.336. The molecular formula is C19H20N2O2. The van der Waals surface area contributed by atoms with Gasteiger partial charge in [0, 0.05) is 10.9 Å². The Morgan fingerprint density at radius 2 is 1.87 bits per heavy atom. The van der Waals surface area contributed by atoms with Gasteiger partial charge in [-0.15, -0.1) is 0 Å². The highest BCUT2D eigenvalue weighted by atomic mass is 16.3. The fourth-order valence-corrected chi connectivity index (χ4v) is 2.51. The summed E-state index contributed by atoms with van der Waals surface area (Å²) in [4.78, 5) is 19.2. The number of hydrogen-bond donors (Lipinski definition) is 0. The normalized spacial score (nSPS) is 11.6. The van der Waals surface area contributed by atoms with Crippen molar-refractivity contribution < 1.29 is 9.21 Å². The molecule has 4 heteroatoms. The van der Waals surface area contributed by atoms with E-state index in [-0.39, 0.29) is 11.4 Å². The Balaban J connectivity index is 1.92. The highest BCUT2D eigenvalue weighted by Gasteiger charge is 2.29. The SMILES string of the molecule is CC(C)(C)N(Cc1ccc2ccccc2n1)C(=O)c1ccco1. The van der Waals surface area contributed by atoms with E-state index in [0.717, 1.165) is 16.6 Å². The van der Waals surface area contributed by atoms with E-state index in [2.05, 4.69) is 4.98 Å². The molecule has 0 bridgehead atoms. The first-order chi connectivity index (χ1) is 10.9. The monoisotopic (exact) mass is 308 g/mol. The predicted octanol–water partition coefficient (Wildman–Crippen LogP) is 4.27. The summed E-state index contributed by atoms with van der Waals surface area (Å²) in [5.74, 6) is 0.221. The molecule has 118 valence electrons. The molecule has 0 fully saturated rings. The van der Waals surface area contributed by atoms with Crippen LogP contribution in [0.25, 0.3) is 10.9 Å². The first-order valence-corrected chi connectivity index (χ1v) is 7.65. The van der Waals surface area contributed by atoms with Crippen molar-refractivity contribution >= 4 is 16.8 Å². The number of aromatic nitrogens is 1. The molecule has 3 aromatic rings. The van der Waals surface area contributed by atoms with Gasteiger partial charge in [-0.1, -0.05) is 24.3 Å². The Morgan fingerprint density at radius 3 is 2.57 bits per heavy atom. The van der Waals surface area contributed by atoms with E-state index in [0.29, 0.717) is 12.3 Å². The van der Waals surface area contributed by atoms with E-state index in [1.54, 1.807) is 17.0 Å². The summed E-state index contributed by atoms with van der Waals surface area (Å²) in [5.41, 5.74) is 1.46. The van der Waals surface area contributed by atoms with Crippen molar-refractivity contribution in [2.45, 2.75) is 32.9 Å². The van der Waals surface area contributed by atoms with Crippen LogP contribution in [0, 0.1) is 0 Å². The van der Waals surface area contributed by atoms with E-state index in [9.17, 15) is 4.79 Å². The lowest BCUT2D eigenvalue weighted by atomic mass is 10.0. The molecule has 0 aliphatic heterocycles. The maximum absolute atomic E-state index is 12.7. The maximum atomic E-state index is 12.7. The number of fused-ring (bicyclic) bond motifs is 1. The van der Waals surface area contributed by atoms with E-state index < -0.39 is 0 Å². The number of hydrogen-bond acceptors (Lipinski definition) is 3. The first kappa shape index (κ1) is 15.3. The summed E-state index contributed by atoms with van der Waals surface area (Å²) in [5, 5.41) is 1.09. The second-order valence-corrected chi connectivity index (χ2v) is 6.53. The third kappa shape index (κ3) is 3.26. The van der Waals surface area contributed by atoms with E-state index in [1.807, 2.05) is 57.2 Å². The highest BCUT2D eigenvalue weighted by Crippen LogP contribution is 2.21. The molecule has 0 atom stereocenters. The van der Waals surface area contributed by atoms with Crippen LogP contribution in [0.2, 0.25) is 0 Å². The van der Waals surface area contributed by atoms with Crippen LogP contribution in [0.4, 0.5) is 0 Å². The van der Waals surface area contributed by atoms with Crippen LogP contribution in [0.1, 0.15) is 37.0 Å². The van der Waals surface area contributed by atoms with Crippen LogP contribution in [-0.4, -0.2) is 21.3 Å². The van der Waals surface area contributed by atoms with Crippen LogP contribution in [-0.2, 0) is 6.54 Å². The van der Waals surface area contributed by atoms with Crippen LogP contribution in [0.15, 0.2) is 59.2 Å². The zero-order chi connectivity index (χ0) is 16.4. The van der Waals surface area contributed by atoms with Gasteiger partial charge < -0.3 is 9.32 Å². The number of benzene rings is 1. The van der Waals surface area contributed by atoms with Gasteiger partial charge in [-0.05, 0) is 45.0 Å². The van der Waals surface area contributed by atoms with Gasteiger partial charge in [0.05, 0.1) is 24.0 Å². The molecule has 23 heavy (non-hydrogen) atoms. The molecule has 0 saturated heterocycles. The average molecular weight is 308 g/mol.